The third-order valence-corrected chi connectivity index (χ3v) is 10.6. The van der Waals surface area contributed by atoms with E-state index in [2.05, 4.69) is 65.8 Å². The van der Waals surface area contributed by atoms with Crippen molar-refractivity contribution in [2.24, 2.45) is 46.3 Å². The standard InChI is InChI=1S/C31H48O2/c1-8-23(20(2)3)10-9-21(4)27-13-14-28-26-12-11-24-19-25(33-22(5)32)15-17-30(24,6)29(26)16-18-31(27,28)7/h9-12,20-21,23,25,27-29H,8,13-19H2,1-7H3/b10-9+/t21-,23+,25+,27-,28+,29-,30-,31+/m0/s1. The highest BCUT2D eigenvalue weighted by molar-refractivity contribution is 5.66. The molecule has 0 unspecified atom stereocenters. The van der Waals surface area contributed by atoms with E-state index in [9.17, 15) is 4.79 Å². The van der Waals surface area contributed by atoms with Crippen LogP contribution in [0.5, 0.6) is 0 Å². The van der Waals surface area contributed by atoms with Crippen molar-refractivity contribution in [1.82, 2.24) is 0 Å². The summed E-state index contributed by atoms with van der Waals surface area (Å²) >= 11 is 0. The summed E-state index contributed by atoms with van der Waals surface area (Å²) < 4.78 is 5.60. The zero-order chi connectivity index (χ0) is 24.0. The van der Waals surface area contributed by atoms with E-state index in [1.165, 1.54) is 37.7 Å². The van der Waals surface area contributed by atoms with Gasteiger partial charge in [-0.15, -0.1) is 0 Å². The molecule has 184 valence electrons. The molecule has 0 spiro atoms. The van der Waals surface area contributed by atoms with Gasteiger partial charge in [0.1, 0.15) is 6.10 Å². The van der Waals surface area contributed by atoms with Crippen molar-refractivity contribution in [3.63, 3.8) is 0 Å². The molecule has 0 aromatic heterocycles. The van der Waals surface area contributed by atoms with Crippen LogP contribution in [-0.2, 0) is 9.53 Å². The molecular weight excluding hydrogens is 404 g/mol. The van der Waals surface area contributed by atoms with E-state index in [-0.39, 0.29) is 17.5 Å². The van der Waals surface area contributed by atoms with Gasteiger partial charge < -0.3 is 4.74 Å². The fourth-order valence-corrected chi connectivity index (χ4v) is 8.49. The van der Waals surface area contributed by atoms with Crippen molar-refractivity contribution >= 4 is 5.97 Å². The van der Waals surface area contributed by atoms with E-state index in [1.54, 1.807) is 12.5 Å². The lowest BCUT2D eigenvalue weighted by Crippen LogP contribution is -2.46. The predicted octanol–water partition coefficient (Wildman–Crippen LogP) is 8.29. The highest BCUT2D eigenvalue weighted by atomic mass is 16.5. The first kappa shape index (κ1) is 24.8. The molecule has 0 amide bonds. The van der Waals surface area contributed by atoms with Gasteiger partial charge in [-0.2, -0.15) is 0 Å². The van der Waals surface area contributed by atoms with Crippen molar-refractivity contribution in [2.75, 3.05) is 0 Å². The summed E-state index contributed by atoms with van der Waals surface area (Å²) in [6, 6.07) is 0. The summed E-state index contributed by atoms with van der Waals surface area (Å²) in [6.45, 7) is 16.2. The second kappa shape index (κ2) is 9.38. The van der Waals surface area contributed by atoms with Gasteiger partial charge in [-0.05, 0) is 91.3 Å². The Bertz CT molecular complexity index is 832. The fourth-order valence-electron chi connectivity index (χ4n) is 8.49. The number of fused-ring (bicyclic) bond motifs is 5. The van der Waals surface area contributed by atoms with E-state index in [0.717, 1.165) is 37.0 Å². The minimum Gasteiger partial charge on any atom is -0.462 e. The monoisotopic (exact) mass is 452 g/mol. The first-order valence-corrected chi connectivity index (χ1v) is 13.9. The molecule has 3 fully saturated rings. The van der Waals surface area contributed by atoms with E-state index < -0.39 is 0 Å². The number of hydrogen-bond acceptors (Lipinski definition) is 2. The maximum Gasteiger partial charge on any atom is 0.302 e. The maximum atomic E-state index is 11.5. The number of ether oxygens (including phenoxy) is 1. The molecule has 0 heterocycles. The van der Waals surface area contributed by atoms with Crippen LogP contribution >= 0.6 is 0 Å². The Balaban J connectivity index is 1.53. The zero-order valence-corrected chi connectivity index (χ0v) is 22.3. The third kappa shape index (κ3) is 4.41. The van der Waals surface area contributed by atoms with Crippen molar-refractivity contribution in [1.29, 1.82) is 0 Å². The van der Waals surface area contributed by atoms with Crippen LogP contribution in [0.1, 0.15) is 99.8 Å². The summed E-state index contributed by atoms with van der Waals surface area (Å²) in [4.78, 5) is 11.5. The third-order valence-electron chi connectivity index (χ3n) is 10.6. The summed E-state index contributed by atoms with van der Waals surface area (Å²) in [5, 5.41) is 0. The van der Waals surface area contributed by atoms with Crippen LogP contribution in [0.3, 0.4) is 0 Å². The Morgan fingerprint density at radius 2 is 1.82 bits per heavy atom. The number of esters is 1. The smallest absolute Gasteiger partial charge is 0.302 e. The van der Waals surface area contributed by atoms with E-state index in [1.807, 2.05) is 0 Å². The highest BCUT2D eigenvalue weighted by Crippen LogP contribution is 2.66. The first-order valence-electron chi connectivity index (χ1n) is 13.9. The van der Waals surface area contributed by atoms with Crippen molar-refractivity contribution in [3.8, 4) is 0 Å². The largest absolute Gasteiger partial charge is 0.462 e. The Morgan fingerprint density at radius 3 is 2.48 bits per heavy atom. The number of carbonyl (C=O) groups excluding carboxylic acids is 1. The molecule has 4 aliphatic carbocycles. The molecule has 0 aliphatic heterocycles. The van der Waals surface area contributed by atoms with Crippen LogP contribution in [0.15, 0.2) is 35.5 Å². The van der Waals surface area contributed by atoms with Gasteiger partial charge in [-0.3, -0.25) is 4.79 Å². The van der Waals surface area contributed by atoms with Crippen molar-refractivity contribution < 1.29 is 9.53 Å². The van der Waals surface area contributed by atoms with E-state index in [4.69, 9.17) is 4.74 Å². The van der Waals surface area contributed by atoms with Crippen LogP contribution in [0.25, 0.3) is 0 Å². The molecule has 8 atom stereocenters. The van der Waals surface area contributed by atoms with Gasteiger partial charge in [-0.25, -0.2) is 0 Å². The van der Waals surface area contributed by atoms with Crippen LogP contribution in [0.2, 0.25) is 0 Å². The molecule has 0 radical (unpaired) electrons. The van der Waals surface area contributed by atoms with Crippen LogP contribution in [0.4, 0.5) is 0 Å². The molecule has 0 bridgehead atoms. The Kier molecular flexibility index (Phi) is 7.05. The van der Waals surface area contributed by atoms with Crippen LogP contribution in [-0.4, -0.2) is 12.1 Å². The Morgan fingerprint density at radius 1 is 1.06 bits per heavy atom. The molecule has 0 saturated heterocycles. The number of carbonyl (C=O) groups is 1. The molecule has 4 aliphatic rings. The van der Waals surface area contributed by atoms with Gasteiger partial charge in [0.25, 0.3) is 0 Å². The molecule has 0 aromatic carbocycles. The van der Waals surface area contributed by atoms with Crippen LogP contribution in [0, 0.1) is 46.3 Å². The van der Waals surface area contributed by atoms with Gasteiger partial charge in [0, 0.05) is 13.3 Å². The summed E-state index contributed by atoms with van der Waals surface area (Å²) in [6.07, 6.45) is 19.9. The number of allylic oxidation sites excluding steroid dienone is 5. The molecule has 33 heavy (non-hydrogen) atoms. The Labute approximate surface area is 203 Å². The molecule has 2 heteroatoms. The van der Waals surface area contributed by atoms with E-state index in [0.29, 0.717) is 23.2 Å². The van der Waals surface area contributed by atoms with Crippen molar-refractivity contribution in [2.45, 2.75) is 106 Å². The quantitative estimate of drug-likeness (QED) is 0.299. The van der Waals surface area contributed by atoms with Gasteiger partial charge in [0.05, 0.1) is 0 Å². The summed E-state index contributed by atoms with van der Waals surface area (Å²) in [5.41, 5.74) is 3.98. The topological polar surface area (TPSA) is 26.3 Å². The summed E-state index contributed by atoms with van der Waals surface area (Å²) in [5.74, 6) is 4.18. The molecule has 2 nitrogen and oxygen atoms in total. The lowest BCUT2D eigenvalue weighted by atomic mass is 9.50. The lowest BCUT2D eigenvalue weighted by Gasteiger charge is -2.55. The van der Waals surface area contributed by atoms with Gasteiger partial charge in [0.15, 0.2) is 0 Å². The van der Waals surface area contributed by atoms with Gasteiger partial charge in [-0.1, -0.05) is 77.0 Å². The van der Waals surface area contributed by atoms with Gasteiger partial charge >= 0.3 is 5.97 Å². The SMILES string of the molecule is CC[C@H](/C=C/[C@H](C)[C@@H]1CC[C@@H]2C3=CC=C4C[C@H](OC(C)=O)CC[C@]4(C)[C@H]3CC[C@@]21C)C(C)C. The normalized spacial score (nSPS) is 39.9. The lowest BCUT2D eigenvalue weighted by molar-refractivity contribution is -0.148. The minimum atomic E-state index is -0.136. The fraction of sp³-hybridized carbons (Fsp3) is 0.774. The predicted molar refractivity (Wildman–Crippen MR) is 138 cm³/mol. The molecular formula is C31H48O2. The maximum absolute atomic E-state index is 11.5. The zero-order valence-electron chi connectivity index (χ0n) is 22.3. The van der Waals surface area contributed by atoms with E-state index >= 15 is 0 Å². The minimum absolute atomic E-state index is 0.0758. The van der Waals surface area contributed by atoms with Gasteiger partial charge in [0.2, 0.25) is 0 Å². The summed E-state index contributed by atoms with van der Waals surface area (Å²) in [7, 11) is 0. The molecule has 0 N–H and O–H groups in total. The number of hydrogen-bond donors (Lipinski definition) is 0. The molecule has 4 rings (SSSR count). The second-order valence-corrected chi connectivity index (χ2v) is 12.6. The average molecular weight is 453 g/mol. The van der Waals surface area contributed by atoms with Crippen LogP contribution < -0.4 is 0 Å². The van der Waals surface area contributed by atoms with Crippen molar-refractivity contribution in [3.05, 3.63) is 35.5 Å². The second-order valence-electron chi connectivity index (χ2n) is 12.6. The molecule has 0 aromatic rings. The Hall–Kier alpha value is -1.31. The molecule has 3 saturated carbocycles. The highest BCUT2D eigenvalue weighted by Gasteiger charge is 2.56. The number of rotatable bonds is 6. The average Bonchev–Trinajstić information content (AvgIpc) is 3.11. The first-order chi connectivity index (χ1) is 15.6.